The van der Waals surface area contributed by atoms with E-state index in [2.05, 4.69) is 15.3 Å². The highest BCUT2D eigenvalue weighted by molar-refractivity contribution is 6.30. The number of amides is 1. The summed E-state index contributed by atoms with van der Waals surface area (Å²) in [5.74, 6) is -0.0971. The van der Waals surface area contributed by atoms with Crippen LogP contribution in [0.2, 0.25) is 5.02 Å². The SMILES string of the molecule is O=C(NCc1c[nH]c(=O)[nH]c1=O)C1(c2ccc(Cl)cc2)CCCCC1. The molecule has 3 rings (SSSR count). The second kappa shape index (κ2) is 7.27. The number of carbonyl (C=O) groups is 1. The minimum Gasteiger partial charge on any atom is -0.351 e. The monoisotopic (exact) mass is 361 g/mol. The summed E-state index contributed by atoms with van der Waals surface area (Å²) in [4.78, 5) is 40.5. The molecule has 0 bridgehead atoms. The molecule has 3 N–H and O–H groups in total. The lowest BCUT2D eigenvalue weighted by molar-refractivity contribution is -0.128. The minimum atomic E-state index is -0.599. The van der Waals surface area contributed by atoms with Crippen LogP contribution in [-0.4, -0.2) is 15.9 Å². The Morgan fingerprint density at radius 1 is 1.12 bits per heavy atom. The zero-order chi connectivity index (χ0) is 17.9. The fraction of sp³-hybridized carbons (Fsp3) is 0.389. The van der Waals surface area contributed by atoms with Crippen molar-refractivity contribution in [3.05, 3.63) is 67.4 Å². The van der Waals surface area contributed by atoms with Gasteiger partial charge in [-0.15, -0.1) is 0 Å². The van der Waals surface area contributed by atoms with Crippen LogP contribution < -0.4 is 16.6 Å². The molecule has 1 amide bonds. The number of H-pyrrole nitrogens is 2. The third kappa shape index (κ3) is 3.69. The number of nitrogens with one attached hydrogen (secondary N) is 3. The molecular formula is C18H20ClN3O3. The first kappa shape index (κ1) is 17.5. The van der Waals surface area contributed by atoms with E-state index in [0.717, 1.165) is 37.7 Å². The lowest BCUT2D eigenvalue weighted by atomic mass is 9.68. The maximum atomic E-state index is 13.0. The average Bonchev–Trinajstić information content (AvgIpc) is 2.62. The van der Waals surface area contributed by atoms with E-state index in [1.54, 1.807) is 12.1 Å². The van der Waals surface area contributed by atoms with E-state index in [-0.39, 0.29) is 12.5 Å². The summed E-state index contributed by atoms with van der Waals surface area (Å²) in [6, 6.07) is 7.40. The van der Waals surface area contributed by atoms with E-state index in [9.17, 15) is 14.4 Å². The molecule has 0 atom stereocenters. The Kier molecular flexibility index (Phi) is 5.08. The lowest BCUT2D eigenvalue weighted by Crippen LogP contribution is -2.46. The summed E-state index contributed by atoms with van der Waals surface area (Å²) < 4.78 is 0. The quantitative estimate of drug-likeness (QED) is 0.779. The Hall–Kier alpha value is -2.34. The van der Waals surface area contributed by atoms with E-state index in [1.807, 2.05) is 12.1 Å². The molecule has 1 aliphatic carbocycles. The Labute approximate surface area is 149 Å². The first-order chi connectivity index (χ1) is 12.0. The molecule has 132 valence electrons. The molecule has 0 aliphatic heterocycles. The van der Waals surface area contributed by atoms with Crippen LogP contribution in [0.25, 0.3) is 0 Å². The number of hydrogen-bond acceptors (Lipinski definition) is 3. The van der Waals surface area contributed by atoms with Crippen molar-refractivity contribution in [3.63, 3.8) is 0 Å². The highest BCUT2D eigenvalue weighted by Gasteiger charge is 2.40. The van der Waals surface area contributed by atoms with Gasteiger partial charge in [0.1, 0.15) is 0 Å². The molecule has 1 aromatic heterocycles. The van der Waals surface area contributed by atoms with Crippen LogP contribution in [0.5, 0.6) is 0 Å². The molecule has 1 aromatic carbocycles. The first-order valence-corrected chi connectivity index (χ1v) is 8.74. The van der Waals surface area contributed by atoms with Crippen molar-refractivity contribution in [2.45, 2.75) is 44.1 Å². The van der Waals surface area contributed by atoms with Gasteiger partial charge in [0.15, 0.2) is 0 Å². The number of hydrogen-bond donors (Lipinski definition) is 3. The molecule has 6 nitrogen and oxygen atoms in total. The number of carbonyl (C=O) groups excluding carboxylic acids is 1. The molecule has 25 heavy (non-hydrogen) atoms. The molecule has 1 aliphatic rings. The molecule has 1 heterocycles. The van der Waals surface area contributed by atoms with Crippen molar-refractivity contribution in [1.29, 1.82) is 0 Å². The maximum absolute atomic E-state index is 13.0. The third-order valence-corrected chi connectivity index (χ3v) is 5.13. The van der Waals surface area contributed by atoms with Crippen LogP contribution >= 0.6 is 11.6 Å². The van der Waals surface area contributed by atoms with Crippen LogP contribution in [0.3, 0.4) is 0 Å². The predicted octanol–water partition coefficient (Wildman–Crippen LogP) is 2.23. The second-order valence-corrected chi connectivity index (χ2v) is 6.87. The van der Waals surface area contributed by atoms with Gasteiger partial charge in [-0.1, -0.05) is 43.0 Å². The van der Waals surface area contributed by atoms with Crippen molar-refractivity contribution < 1.29 is 4.79 Å². The number of halogens is 1. The molecule has 2 aromatic rings. The molecule has 0 radical (unpaired) electrons. The zero-order valence-corrected chi connectivity index (χ0v) is 14.5. The largest absolute Gasteiger partial charge is 0.351 e. The van der Waals surface area contributed by atoms with Crippen molar-refractivity contribution in [3.8, 4) is 0 Å². The summed E-state index contributed by atoms with van der Waals surface area (Å²) in [6.07, 6.45) is 5.94. The molecule has 0 saturated heterocycles. The topological polar surface area (TPSA) is 94.8 Å². The van der Waals surface area contributed by atoms with Gasteiger partial charge in [0.2, 0.25) is 5.91 Å². The molecule has 0 unspecified atom stereocenters. The Morgan fingerprint density at radius 3 is 2.44 bits per heavy atom. The molecule has 1 fully saturated rings. The summed E-state index contributed by atoms with van der Waals surface area (Å²) in [5, 5.41) is 3.50. The Bertz CT molecular complexity index is 864. The normalized spacial score (nSPS) is 16.4. The van der Waals surface area contributed by atoms with Crippen LogP contribution in [0, 0.1) is 0 Å². The van der Waals surface area contributed by atoms with Gasteiger partial charge < -0.3 is 10.3 Å². The highest BCUT2D eigenvalue weighted by Crippen LogP contribution is 2.40. The van der Waals surface area contributed by atoms with Gasteiger partial charge in [0, 0.05) is 17.8 Å². The molecule has 7 heteroatoms. The van der Waals surface area contributed by atoms with E-state index in [0.29, 0.717) is 10.6 Å². The number of benzene rings is 1. The highest BCUT2D eigenvalue weighted by atomic mass is 35.5. The molecule has 1 saturated carbocycles. The van der Waals surface area contributed by atoms with Crippen LogP contribution in [0.4, 0.5) is 0 Å². The molecule has 0 spiro atoms. The second-order valence-electron chi connectivity index (χ2n) is 6.43. The van der Waals surface area contributed by atoms with Crippen molar-refractivity contribution >= 4 is 17.5 Å². The van der Waals surface area contributed by atoms with Gasteiger partial charge in [-0.25, -0.2) is 4.79 Å². The Balaban J connectivity index is 1.83. The van der Waals surface area contributed by atoms with Gasteiger partial charge in [0.25, 0.3) is 5.56 Å². The number of aromatic nitrogens is 2. The van der Waals surface area contributed by atoms with E-state index >= 15 is 0 Å². The van der Waals surface area contributed by atoms with E-state index < -0.39 is 16.7 Å². The predicted molar refractivity (Wildman–Crippen MR) is 95.7 cm³/mol. The number of rotatable bonds is 4. The fourth-order valence-electron chi connectivity index (χ4n) is 3.48. The summed E-state index contributed by atoms with van der Waals surface area (Å²) in [6.45, 7) is 0.0697. The van der Waals surface area contributed by atoms with Crippen LogP contribution in [0.1, 0.15) is 43.2 Å². The zero-order valence-electron chi connectivity index (χ0n) is 13.7. The standard InChI is InChI=1S/C18H20ClN3O3/c19-14-6-4-13(5-7-14)18(8-2-1-3-9-18)16(24)20-10-12-11-21-17(25)22-15(12)23/h4-7,11H,1-3,8-10H2,(H,20,24)(H2,21,22,23,25). The third-order valence-electron chi connectivity index (χ3n) is 4.87. The summed E-state index contributed by atoms with van der Waals surface area (Å²) in [7, 11) is 0. The molecular weight excluding hydrogens is 342 g/mol. The summed E-state index contributed by atoms with van der Waals surface area (Å²) in [5.41, 5.74) is -0.393. The van der Waals surface area contributed by atoms with Gasteiger partial charge in [0.05, 0.1) is 11.0 Å². The van der Waals surface area contributed by atoms with Gasteiger partial charge in [-0.3, -0.25) is 14.6 Å². The summed E-state index contributed by atoms with van der Waals surface area (Å²) >= 11 is 5.98. The Morgan fingerprint density at radius 2 is 1.80 bits per heavy atom. The number of aromatic amines is 2. The van der Waals surface area contributed by atoms with Crippen molar-refractivity contribution in [2.75, 3.05) is 0 Å². The van der Waals surface area contributed by atoms with Crippen molar-refractivity contribution in [1.82, 2.24) is 15.3 Å². The van der Waals surface area contributed by atoms with Gasteiger partial charge in [-0.2, -0.15) is 0 Å². The van der Waals surface area contributed by atoms with E-state index in [4.69, 9.17) is 11.6 Å². The minimum absolute atomic E-state index is 0.0697. The maximum Gasteiger partial charge on any atom is 0.325 e. The van der Waals surface area contributed by atoms with Gasteiger partial charge in [-0.05, 0) is 30.5 Å². The lowest BCUT2D eigenvalue weighted by Gasteiger charge is -2.36. The van der Waals surface area contributed by atoms with E-state index in [1.165, 1.54) is 6.20 Å². The van der Waals surface area contributed by atoms with Crippen LogP contribution in [0.15, 0.2) is 40.1 Å². The van der Waals surface area contributed by atoms with Crippen molar-refractivity contribution in [2.24, 2.45) is 0 Å². The van der Waals surface area contributed by atoms with Crippen LogP contribution in [-0.2, 0) is 16.8 Å². The smallest absolute Gasteiger partial charge is 0.325 e. The first-order valence-electron chi connectivity index (χ1n) is 8.36. The fourth-order valence-corrected chi connectivity index (χ4v) is 3.61. The van der Waals surface area contributed by atoms with Gasteiger partial charge >= 0.3 is 5.69 Å². The average molecular weight is 362 g/mol.